The molecule has 0 saturated heterocycles. The molecule has 0 aliphatic rings. The van der Waals surface area contributed by atoms with E-state index in [4.69, 9.17) is 9.15 Å². The van der Waals surface area contributed by atoms with Crippen LogP contribution in [0.3, 0.4) is 0 Å². The van der Waals surface area contributed by atoms with Gasteiger partial charge in [-0.05, 0) is 63.5 Å². The van der Waals surface area contributed by atoms with Gasteiger partial charge in [-0.25, -0.2) is 0 Å². The molecule has 0 unspecified atom stereocenters. The van der Waals surface area contributed by atoms with Gasteiger partial charge in [0.05, 0.1) is 12.9 Å². The molecule has 1 aromatic heterocycles. The summed E-state index contributed by atoms with van der Waals surface area (Å²) in [6, 6.07) is 18.2. The standard InChI is InChI=1S/C29H29NO3/c1-6-32-28-21(5)29-24(25(17-33-29)22-13-11-18(2)12-14-22)16-23(28)20(4)15-27(31)30-26-10-8-7-9-19(26)3/h7-17H,6H2,1-5H3,(H,30,31)/b20-15+. The lowest BCUT2D eigenvalue weighted by molar-refractivity contribution is -0.111. The van der Waals surface area contributed by atoms with Gasteiger partial charge in [0.15, 0.2) is 0 Å². The number of ether oxygens (including phenoxy) is 1. The summed E-state index contributed by atoms with van der Waals surface area (Å²) in [5.41, 5.74) is 8.58. The zero-order valence-electron chi connectivity index (χ0n) is 19.8. The molecule has 33 heavy (non-hydrogen) atoms. The van der Waals surface area contributed by atoms with Crippen LogP contribution in [0.5, 0.6) is 5.75 Å². The molecule has 4 heteroatoms. The number of hydrogen-bond donors (Lipinski definition) is 1. The molecule has 0 spiro atoms. The van der Waals surface area contributed by atoms with Crippen molar-refractivity contribution >= 4 is 28.1 Å². The number of furan rings is 1. The maximum Gasteiger partial charge on any atom is 0.248 e. The molecular formula is C29H29NO3. The first-order valence-corrected chi connectivity index (χ1v) is 11.2. The molecular weight excluding hydrogens is 410 g/mol. The maximum atomic E-state index is 12.8. The number of fused-ring (bicyclic) bond motifs is 1. The zero-order chi connectivity index (χ0) is 23.5. The third-order valence-corrected chi connectivity index (χ3v) is 5.87. The van der Waals surface area contributed by atoms with Crippen molar-refractivity contribution in [2.75, 3.05) is 11.9 Å². The first-order chi connectivity index (χ1) is 15.9. The maximum absolute atomic E-state index is 12.8. The Bertz CT molecular complexity index is 1340. The summed E-state index contributed by atoms with van der Waals surface area (Å²) < 4.78 is 12.0. The lowest BCUT2D eigenvalue weighted by Crippen LogP contribution is -2.10. The van der Waals surface area contributed by atoms with Crippen molar-refractivity contribution in [1.82, 2.24) is 0 Å². The SMILES string of the molecule is CCOc1c(/C(C)=C/C(=O)Nc2ccccc2C)cc2c(-c3ccc(C)cc3)coc2c1C. The van der Waals surface area contributed by atoms with Gasteiger partial charge in [0.1, 0.15) is 11.3 Å². The van der Waals surface area contributed by atoms with Gasteiger partial charge >= 0.3 is 0 Å². The predicted molar refractivity (Wildman–Crippen MR) is 136 cm³/mol. The molecule has 1 heterocycles. The van der Waals surface area contributed by atoms with E-state index in [1.54, 1.807) is 12.3 Å². The van der Waals surface area contributed by atoms with Crippen molar-refractivity contribution in [3.05, 3.63) is 89.2 Å². The van der Waals surface area contributed by atoms with Crippen molar-refractivity contribution in [2.24, 2.45) is 0 Å². The summed E-state index contributed by atoms with van der Waals surface area (Å²) in [6.07, 6.45) is 3.42. The molecule has 0 radical (unpaired) electrons. The Hall–Kier alpha value is -3.79. The predicted octanol–water partition coefficient (Wildman–Crippen LogP) is 7.47. The van der Waals surface area contributed by atoms with Crippen LogP contribution in [0.1, 0.15) is 36.1 Å². The molecule has 1 N–H and O–H groups in total. The van der Waals surface area contributed by atoms with Crippen molar-refractivity contribution in [1.29, 1.82) is 0 Å². The van der Waals surface area contributed by atoms with Crippen molar-refractivity contribution in [3.8, 4) is 16.9 Å². The molecule has 4 aromatic rings. The summed E-state index contributed by atoms with van der Waals surface area (Å²) in [6.45, 7) is 10.5. The van der Waals surface area contributed by atoms with Crippen LogP contribution in [0.25, 0.3) is 27.7 Å². The Morgan fingerprint density at radius 1 is 1.06 bits per heavy atom. The van der Waals surface area contributed by atoms with Gasteiger partial charge in [-0.2, -0.15) is 0 Å². The van der Waals surface area contributed by atoms with Crippen LogP contribution >= 0.6 is 0 Å². The van der Waals surface area contributed by atoms with E-state index in [0.717, 1.165) is 55.8 Å². The van der Waals surface area contributed by atoms with Gasteiger partial charge in [-0.15, -0.1) is 0 Å². The lowest BCUT2D eigenvalue weighted by atomic mass is 9.96. The number of hydrogen-bond acceptors (Lipinski definition) is 3. The highest BCUT2D eigenvalue weighted by Gasteiger charge is 2.19. The van der Waals surface area contributed by atoms with Crippen LogP contribution in [-0.4, -0.2) is 12.5 Å². The van der Waals surface area contributed by atoms with Crippen molar-refractivity contribution in [2.45, 2.75) is 34.6 Å². The highest BCUT2D eigenvalue weighted by Crippen LogP contribution is 2.40. The molecule has 0 aliphatic carbocycles. The largest absolute Gasteiger partial charge is 0.493 e. The number of rotatable bonds is 6. The van der Waals surface area contributed by atoms with E-state index in [1.807, 2.05) is 52.0 Å². The highest BCUT2D eigenvalue weighted by atomic mass is 16.5. The van der Waals surface area contributed by atoms with Crippen LogP contribution < -0.4 is 10.1 Å². The van der Waals surface area contributed by atoms with E-state index in [-0.39, 0.29) is 5.91 Å². The van der Waals surface area contributed by atoms with Gasteiger partial charge < -0.3 is 14.5 Å². The third-order valence-electron chi connectivity index (χ3n) is 5.87. The minimum absolute atomic E-state index is 0.173. The van der Waals surface area contributed by atoms with Gasteiger partial charge in [-0.1, -0.05) is 48.0 Å². The van der Waals surface area contributed by atoms with Crippen LogP contribution in [0, 0.1) is 20.8 Å². The molecule has 0 fully saturated rings. The monoisotopic (exact) mass is 439 g/mol. The Morgan fingerprint density at radius 3 is 2.48 bits per heavy atom. The Balaban J connectivity index is 1.79. The Morgan fingerprint density at radius 2 is 1.79 bits per heavy atom. The summed E-state index contributed by atoms with van der Waals surface area (Å²) in [7, 11) is 0. The highest BCUT2D eigenvalue weighted by molar-refractivity contribution is 6.06. The van der Waals surface area contributed by atoms with Gasteiger partial charge in [0.25, 0.3) is 0 Å². The van der Waals surface area contributed by atoms with Crippen molar-refractivity contribution in [3.63, 3.8) is 0 Å². The van der Waals surface area contributed by atoms with Crippen LogP contribution in [0.2, 0.25) is 0 Å². The van der Waals surface area contributed by atoms with E-state index in [1.165, 1.54) is 5.56 Å². The fourth-order valence-corrected chi connectivity index (χ4v) is 4.05. The first-order valence-electron chi connectivity index (χ1n) is 11.2. The Kier molecular flexibility index (Phi) is 6.36. The number of anilines is 1. The lowest BCUT2D eigenvalue weighted by Gasteiger charge is -2.15. The number of para-hydroxylation sites is 1. The second-order valence-electron chi connectivity index (χ2n) is 8.33. The molecule has 1 amide bonds. The average Bonchev–Trinajstić information content (AvgIpc) is 3.22. The number of amides is 1. The van der Waals surface area contributed by atoms with Crippen LogP contribution in [0.4, 0.5) is 5.69 Å². The quantitative estimate of drug-likeness (QED) is 0.317. The van der Waals surface area contributed by atoms with Gasteiger partial charge in [0, 0.05) is 33.8 Å². The smallest absolute Gasteiger partial charge is 0.248 e. The minimum Gasteiger partial charge on any atom is -0.493 e. The van der Waals surface area contributed by atoms with Gasteiger partial charge in [0.2, 0.25) is 5.91 Å². The molecule has 0 bridgehead atoms. The molecule has 0 atom stereocenters. The zero-order valence-corrected chi connectivity index (χ0v) is 19.8. The number of aryl methyl sites for hydroxylation is 3. The summed E-state index contributed by atoms with van der Waals surface area (Å²) in [4.78, 5) is 12.8. The number of allylic oxidation sites excluding steroid dienone is 1. The molecule has 4 nitrogen and oxygen atoms in total. The molecule has 3 aromatic carbocycles. The normalized spacial score (nSPS) is 11.6. The summed E-state index contributed by atoms with van der Waals surface area (Å²) in [5, 5.41) is 3.98. The fraction of sp³-hybridized carbons (Fsp3) is 0.207. The first kappa shape index (κ1) is 22.4. The Labute approximate surface area is 194 Å². The second-order valence-corrected chi connectivity index (χ2v) is 8.33. The number of nitrogens with one attached hydrogen (secondary N) is 1. The average molecular weight is 440 g/mol. The topological polar surface area (TPSA) is 51.5 Å². The minimum atomic E-state index is -0.173. The third kappa shape index (κ3) is 4.56. The fourth-order valence-electron chi connectivity index (χ4n) is 4.05. The van der Waals surface area contributed by atoms with E-state index < -0.39 is 0 Å². The summed E-state index contributed by atoms with van der Waals surface area (Å²) >= 11 is 0. The molecule has 168 valence electrons. The van der Waals surface area contributed by atoms with E-state index in [2.05, 4.69) is 42.6 Å². The molecule has 0 aliphatic heterocycles. The summed E-state index contributed by atoms with van der Waals surface area (Å²) in [5.74, 6) is 0.570. The second kappa shape index (κ2) is 9.37. The number of benzene rings is 3. The van der Waals surface area contributed by atoms with Crippen molar-refractivity contribution < 1.29 is 13.9 Å². The molecule has 0 saturated carbocycles. The van der Waals surface area contributed by atoms with Gasteiger partial charge in [-0.3, -0.25) is 4.79 Å². The van der Waals surface area contributed by atoms with E-state index in [9.17, 15) is 4.79 Å². The van der Waals surface area contributed by atoms with E-state index >= 15 is 0 Å². The van der Waals surface area contributed by atoms with E-state index in [0.29, 0.717) is 6.61 Å². The number of carbonyl (C=O) groups is 1. The van der Waals surface area contributed by atoms with Crippen LogP contribution in [0.15, 0.2) is 71.4 Å². The number of carbonyl (C=O) groups excluding carboxylic acids is 1. The molecule has 4 rings (SSSR count). The van der Waals surface area contributed by atoms with Crippen LogP contribution in [-0.2, 0) is 4.79 Å².